The fourth-order valence-electron chi connectivity index (χ4n) is 3.25. The topological polar surface area (TPSA) is 89.4 Å². The number of aromatic nitrogens is 4. The maximum absolute atomic E-state index is 13.0. The lowest BCUT2D eigenvalue weighted by atomic mass is 10.3. The lowest BCUT2D eigenvalue weighted by Gasteiger charge is -2.07. The van der Waals surface area contributed by atoms with Gasteiger partial charge in [-0.25, -0.2) is 9.36 Å². The van der Waals surface area contributed by atoms with E-state index < -0.39 is 5.56 Å². The SMILES string of the molecule is Cc1[nH]n(-c2cc(Cl)ccc2Cl)c(=O)c1N=Nc1c(C)n(C)n(-c2ccccc2)c1=O. The molecule has 2 aromatic carbocycles. The standard InChI is InChI=1S/C21H18Cl2N6O2/c1-12-18(20(30)28(26-12)17-11-14(22)9-10-16(17)23)24-25-19-13(2)27(3)29(21(19)31)15-7-5-4-6-8-15/h4-11,26H,1-3H3. The molecule has 10 heteroatoms. The van der Waals surface area contributed by atoms with E-state index in [1.165, 1.54) is 9.36 Å². The molecule has 2 heterocycles. The third-order valence-electron chi connectivity index (χ3n) is 4.96. The van der Waals surface area contributed by atoms with Gasteiger partial charge in [0.25, 0.3) is 11.1 Å². The van der Waals surface area contributed by atoms with Crippen molar-refractivity contribution in [3.05, 3.63) is 90.7 Å². The Morgan fingerprint density at radius 1 is 0.903 bits per heavy atom. The van der Waals surface area contributed by atoms with Crippen molar-refractivity contribution in [3.63, 3.8) is 0 Å². The van der Waals surface area contributed by atoms with E-state index in [-0.39, 0.29) is 16.9 Å². The first-order chi connectivity index (χ1) is 14.8. The molecule has 0 fully saturated rings. The molecule has 158 valence electrons. The van der Waals surface area contributed by atoms with Crippen LogP contribution in [0.15, 0.2) is 68.3 Å². The highest BCUT2D eigenvalue weighted by Crippen LogP contribution is 2.25. The van der Waals surface area contributed by atoms with Gasteiger partial charge in [0.2, 0.25) is 0 Å². The van der Waals surface area contributed by atoms with Crippen molar-refractivity contribution in [1.82, 2.24) is 19.1 Å². The van der Waals surface area contributed by atoms with Crippen molar-refractivity contribution in [1.29, 1.82) is 0 Å². The zero-order valence-corrected chi connectivity index (χ0v) is 18.4. The molecular weight excluding hydrogens is 439 g/mol. The summed E-state index contributed by atoms with van der Waals surface area (Å²) in [5.74, 6) is 0. The second kappa shape index (κ2) is 8.05. The Morgan fingerprint density at radius 3 is 2.29 bits per heavy atom. The quantitative estimate of drug-likeness (QED) is 0.438. The molecule has 8 nitrogen and oxygen atoms in total. The van der Waals surface area contributed by atoms with Crippen molar-refractivity contribution in [3.8, 4) is 11.4 Å². The predicted octanol–water partition coefficient (Wildman–Crippen LogP) is 4.99. The Bertz CT molecular complexity index is 1430. The lowest BCUT2D eigenvalue weighted by Crippen LogP contribution is -2.19. The van der Waals surface area contributed by atoms with Crippen LogP contribution in [0.1, 0.15) is 11.4 Å². The molecule has 0 aliphatic rings. The average molecular weight is 457 g/mol. The molecule has 0 unspecified atom stereocenters. The zero-order valence-electron chi connectivity index (χ0n) is 16.9. The second-order valence-electron chi connectivity index (χ2n) is 6.93. The van der Waals surface area contributed by atoms with Crippen LogP contribution in [0.25, 0.3) is 11.4 Å². The number of hydrogen-bond acceptors (Lipinski definition) is 4. The number of rotatable bonds is 4. The van der Waals surface area contributed by atoms with E-state index in [0.29, 0.717) is 32.8 Å². The van der Waals surface area contributed by atoms with Gasteiger partial charge in [0.1, 0.15) is 0 Å². The van der Waals surface area contributed by atoms with E-state index in [1.54, 1.807) is 43.8 Å². The van der Waals surface area contributed by atoms with Gasteiger partial charge in [-0.2, -0.15) is 0 Å². The maximum atomic E-state index is 13.0. The summed E-state index contributed by atoms with van der Waals surface area (Å²) in [5, 5.41) is 11.9. The predicted molar refractivity (Wildman–Crippen MR) is 121 cm³/mol. The van der Waals surface area contributed by atoms with Crippen LogP contribution >= 0.6 is 23.2 Å². The lowest BCUT2D eigenvalue weighted by molar-refractivity contribution is 0.630. The summed E-state index contributed by atoms with van der Waals surface area (Å²) >= 11 is 12.3. The molecule has 0 radical (unpaired) electrons. The van der Waals surface area contributed by atoms with Gasteiger partial charge < -0.3 is 0 Å². The van der Waals surface area contributed by atoms with Gasteiger partial charge in [-0.05, 0) is 44.2 Å². The van der Waals surface area contributed by atoms with Crippen molar-refractivity contribution in [2.75, 3.05) is 0 Å². The molecule has 1 N–H and O–H groups in total. The van der Waals surface area contributed by atoms with Crippen molar-refractivity contribution < 1.29 is 0 Å². The largest absolute Gasteiger partial charge is 0.299 e. The molecule has 0 bridgehead atoms. The zero-order chi connectivity index (χ0) is 22.3. The van der Waals surface area contributed by atoms with Crippen molar-refractivity contribution in [2.45, 2.75) is 13.8 Å². The number of H-pyrrole nitrogens is 1. The number of halogens is 2. The van der Waals surface area contributed by atoms with Gasteiger partial charge in [0.05, 0.1) is 27.8 Å². The highest BCUT2D eigenvalue weighted by atomic mass is 35.5. The number of nitrogens with one attached hydrogen (secondary N) is 1. The van der Waals surface area contributed by atoms with Crippen LogP contribution < -0.4 is 11.1 Å². The van der Waals surface area contributed by atoms with E-state index >= 15 is 0 Å². The van der Waals surface area contributed by atoms with Gasteiger partial charge in [0.15, 0.2) is 11.4 Å². The van der Waals surface area contributed by atoms with Gasteiger partial charge in [-0.3, -0.25) is 19.4 Å². The number of azo groups is 1. The minimum absolute atomic E-state index is 0.0740. The first-order valence-corrected chi connectivity index (χ1v) is 10.1. The third kappa shape index (κ3) is 3.64. The Morgan fingerprint density at radius 2 is 1.58 bits per heavy atom. The molecule has 2 aromatic heterocycles. The van der Waals surface area contributed by atoms with Crippen molar-refractivity contribution in [2.24, 2.45) is 17.3 Å². The fraction of sp³-hybridized carbons (Fsp3) is 0.143. The first kappa shape index (κ1) is 20.9. The minimum Gasteiger partial charge on any atom is -0.293 e. The molecule has 0 spiro atoms. The fourth-order valence-corrected chi connectivity index (χ4v) is 3.62. The van der Waals surface area contributed by atoms with Crippen LogP contribution in [0.3, 0.4) is 0 Å². The van der Waals surface area contributed by atoms with Gasteiger partial charge in [-0.15, -0.1) is 10.2 Å². The van der Waals surface area contributed by atoms with Crippen LogP contribution in [0, 0.1) is 13.8 Å². The summed E-state index contributed by atoms with van der Waals surface area (Å²) in [6.45, 7) is 3.45. The molecule has 4 aromatic rings. The van der Waals surface area contributed by atoms with Crippen LogP contribution in [0.5, 0.6) is 0 Å². The second-order valence-corrected chi connectivity index (χ2v) is 7.78. The minimum atomic E-state index is -0.456. The summed E-state index contributed by atoms with van der Waals surface area (Å²) in [6.07, 6.45) is 0. The first-order valence-electron chi connectivity index (χ1n) is 9.32. The van der Waals surface area contributed by atoms with E-state index in [0.717, 1.165) is 0 Å². The molecule has 0 saturated heterocycles. The average Bonchev–Trinajstić information content (AvgIpc) is 3.15. The number of aromatic amines is 1. The third-order valence-corrected chi connectivity index (χ3v) is 5.52. The number of hydrogen-bond donors (Lipinski definition) is 1. The molecule has 31 heavy (non-hydrogen) atoms. The Labute approximate surface area is 186 Å². The number of nitrogens with zero attached hydrogens (tertiary/aromatic N) is 5. The van der Waals surface area contributed by atoms with Gasteiger partial charge >= 0.3 is 0 Å². The molecule has 0 saturated carbocycles. The summed E-state index contributed by atoms with van der Waals surface area (Å²) in [7, 11) is 1.76. The van der Waals surface area contributed by atoms with Crippen LogP contribution in [-0.2, 0) is 7.05 Å². The molecule has 0 aliphatic heterocycles. The highest BCUT2D eigenvalue weighted by molar-refractivity contribution is 6.34. The van der Waals surface area contributed by atoms with E-state index in [4.69, 9.17) is 23.2 Å². The van der Waals surface area contributed by atoms with Crippen LogP contribution in [0.4, 0.5) is 11.4 Å². The Balaban J connectivity index is 1.79. The van der Waals surface area contributed by atoms with Crippen molar-refractivity contribution >= 4 is 34.6 Å². The van der Waals surface area contributed by atoms with E-state index in [1.807, 2.05) is 30.3 Å². The molecule has 0 amide bonds. The number of benzene rings is 2. The van der Waals surface area contributed by atoms with Crippen LogP contribution in [0.2, 0.25) is 10.0 Å². The molecule has 0 atom stereocenters. The molecule has 4 rings (SSSR count). The summed E-state index contributed by atoms with van der Waals surface area (Å²) in [4.78, 5) is 25.9. The Hall–Kier alpha value is -3.36. The van der Waals surface area contributed by atoms with Gasteiger partial charge in [-0.1, -0.05) is 41.4 Å². The van der Waals surface area contributed by atoms with E-state index in [9.17, 15) is 9.59 Å². The molecular formula is C21H18Cl2N6O2. The number of aryl methyl sites for hydroxylation is 1. The van der Waals surface area contributed by atoms with Crippen LogP contribution in [-0.4, -0.2) is 19.1 Å². The smallest absolute Gasteiger partial charge is 0.293 e. The summed E-state index contributed by atoms with van der Waals surface area (Å²) in [6, 6.07) is 14.0. The normalized spacial score (nSPS) is 11.5. The van der Waals surface area contributed by atoms with Gasteiger partial charge in [0, 0.05) is 12.1 Å². The maximum Gasteiger partial charge on any atom is 0.299 e. The highest BCUT2D eigenvalue weighted by Gasteiger charge is 2.18. The van der Waals surface area contributed by atoms with E-state index in [2.05, 4.69) is 15.3 Å². The number of para-hydroxylation sites is 1. The summed E-state index contributed by atoms with van der Waals surface area (Å²) < 4.78 is 4.44. The monoisotopic (exact) mass is 456 g/mol. The summed E-state index contributed by atoms with van der Waals surface area (Å²) in [5.41, 5.74) is 1.62. The molecule has 0 aliphatic carbocycles. The Kier molecular flexibility index (Phi) is 5.43.